The molecule has 2 aromatic heterocycles. The number of hydrogen-bond acceptors (Lipinski definition) is 6. The molecule has 4 heterocycles. The fourth-order valence-corrected chi connectivity index (χ4v) is 4.51. The van der Waals surface area contributed by atoms with Crippen LogP contribution in [0.2, 0.25) is 0 Å². The number of nitrogens with one attached hydrogen (secondary N) is 3. The van der Waals surface area contributed by atoms with Crippen molar-refractivity contribution in [1.29, 1.82) is 5.41 Å². The summed E-state index contributed by atoms with van der Waals surface area (Å²) in [4.78, 5) is 12.1. The Labute approximate surface area is 173 Å². The molecule has 0 aromatic carbocycles. The van der Waals surface area contributed by atoms with Gasteiger partial charge in [0, 0.05) is 51.4 Å². The molecule has 4 rings (SSSR count). The van der Waals surface area contributed by atoms with Crippen LogP contribution in [0, 0.1) is 5.41 Å². The number of piperidine rings is 1. The molecule has 2 aliphatic heterocycles. The van der Waals surface area contributed by atoms with Gasteiger partial charge in [-0.05, 0) is 44.4 Å². The van der Waals surface area contributed by atoms with Crippen LogP contribution in [0.4, 0.5) is 11.6 Å². The fraction of sp³-hybridized carbons (Fsp3) is 0.591. The Morgan fingerprint density at radius 3 is 2.62 bits per heavy atom. The van der Waals surface area contributed by atoms with Gasteiger partial charge in [-0.15, -0.1) is 0 Å². The first kappa shape index (κ1) is 19.9. The van der Waals surface area contributed by atoms with E-state index in [0.29, 0.717) is 17.3 Å². The maximum atomic E-state index is 8.80. The van der Waals surface area contributed by atoms with Crippen LogP contribution in [0.3, 0.4) is 0 Å². The van der Waals surface area contributed by atoms with Gasteiger partial charge < -0.3 is 20.1 Å². The van der Waals surface area contributed by atoms with Gasteiger partial charge in [0.2, 0.25) is 0 Å². The van der Waals surface area contributed by atoms with Crippen molar-refractivity contribution in [3.05, 3.63) is 35.4 Å². The monoisotopic (exact) mass is 395 g/mol. The van der Waals surface area contributed by atoms with Gasteiger partial charge in [0.25, 0.3) is 0 Å². The summed E-state index contributed by atoms with van der Waals surface area (Å²) < 4.78 is 2.08. The van der Waals surface area contributed by atoms with E-state index in [1.54, 1.807) is 0 Å². The molecule has 1 atom stereocenters. The van der Waals surface area contributed by atoms with Crippen LogP contribution >= 0.6 is 0 Å². The highest BCUT2D eigenvalue weighted by Gasteiger charge is 2.23. The van der Waals surface area contributed by atoms with Gasteiger partial charge in [0.1, 0.15) is 23.2 Å². The Morgan fingerprint density at radius 2 is 1.93 bits per heavy atom. The molecule has 2 fully saturated rings. The number of imidazole rings is 1. The van der Waals surface area contributed by atoms with Crippen LogP contribution in [-0.4, -0.2) is 53.5 Å². The summed E-state index contributed by atoms with van der Waals surface area (Å²) in [5.74, 6) is 3.24. The van der Waals surface area contributed by atoms with E-state index in [1.807, 2.05) is 26.4 Å². The van der Waals surface area contributed by atoms with Gasteiger partial charge in [0.05, 0.1) is 5.71 Å². The topological polar surface area (TPSA) is 81.9 Å². The Kier molecular flexibility index (Phi) is 6.13. The number of aryl methyl sites for hydroxylation is 1. The van der Waals surface area contributed by atoms with Crippen molar-refractivity contribution in [3.63, 3.8) is 0 Å². The first-order valence-corrected chi connectivity index (χ1v) is 10.9. The van der Waals surface area contributed by atoms with Gasteiger partial charge in [0.15, 0.2) is 0 Å². The maximum absolute atomic E-state index is 8.80. The molecule has 156 valence electrons. The van der Waals surface area contributed by atoms with Gasteiger partial charge in [-0.3, -0.25) is 5.41 Å². The van der Waals surface area contributed by atoms with Gasteiger partial charge in [-0.25, -0.2) is 9.97 Å². The van der Waals surface area contributed by atoms with Crippen molar-refractivity contribution < 1.29 is 0 Å². The van der Waals surface area contributed by atoms with Crippen LogP contribution in [0.15, 0.2) is 18.3 Å². The second-order valence-corrected chi connectivity index (χ2v) is 8.23. The number of aromatic nitrogens is 3. The first-order chi connectivity index (χ1) is 14.2. The zero-order chi connectivity index (χ0) is 20.2. The minimum atomic E-state index is 0.419. The summed E-state index contributed by atoms with van der Waals surface area (Å²) in [5, 5.41) is 15.5. The van der Waals surface area contributed by atoms with Crippen LogP contribution in [-0.2, 0) is 7.05 Å². The molecule has 7 heteroatoms. The second-order valence-electron chi connectivity index (χ2n) is 8.23. The van der Waals surface area contributed by atoms with Crippen molar-refractivity contribution in [2.75, 3.05) is 43.4 Å². The van der Waals surface area contributed by atoms with Gasteiger partial charge in [-0.1, -0.05) is 12.8 Å². The smallest absolute Gasteiger partial charge is 0.137 e. The summed E-state index contributed by atoms with van der Waals surface area (Å²) in [6, 6.07) is 4.09. The summed E-state index contributed by atoms with van der Waals surface area (Å²) in [6.07, 6.45) is 9.36. The lowest BCUT2D eigenvalue weighted by Gasteiger charge is -2.22. The lowest BCUT2D eigenvalue weighted by atomic mass is 9.99. The third-order valence-corrected chi connectivity index (χ3v) is 6.15. The molecular formula is C22H33N7. The summed E-state index contributed by atoms with van der Waals surface area (Å²) >= 11 is 0. The maximum Gasteiger partial charge on any atom is 0.137 e. The molecule has 0 saturated carbocycles. The molecule has 0 spiro atoms. The normalized spacial score (nSPS) is 20.3. The molecule has 0 radical (unpaired) electrons. The van der Waals surface area contributed by atoms with E-state index in [2.05, 4.69) is 26.2 Å². The lowest BCUT2D eigenvalue weighted by Crippen LogP contribution is -2.29. The van der Waals surface area contributed by atoms with Crippen molar-refractivity contribution in [2.24, 2.45) is 7.05 Å². The van der Waals surface area contributed by atoms with Crippen LogP contribution in [0.25, 0.3) is 0 Å². The predicted octanol–water partition coefficient (Wildman–Crippen LogP) is 3.12. The molecule has 0 amide bonds. The standard InChI is InChI=1S/C22H33N7/c1-24-21-17(9-10-19(27-21)29-12-5-3-4-6-13-29)20(23)18-15-28(2)22(26-18)16-8-7-11-25-14-16/h9-10,15-16,23,25H,3-8,11-14H2,1-2H3,(H,24,27). The average Bonchev–Trinajstić information content (AvgIpc) is 2.97. The first-order valence-electron chi connectivity index (χ1n) is 10.9. The van der Waals surface area contributed by atoms with Crippen molar-refractivity contribution >= 4 is 17.3 Å². The van der Waals surface area contributed by atoms with E-state index >= 15 is 0 Å². The zero-order valence-corrected chi connectivity index (χ0v) is 17.7. The molecule has 0 aliphatic carbocycles. The Balaban J connectivity index is 1.58. The zero-order valence-electron chi connectivity index (χ0n) is 17.7. The van der Waals surface area contributed by atoms with Gasteiger partial charge in [-0.2, -0.15) is 0 Å². The van der Waals surface area contributed by atoms with Crippen LogP contribution < -0.4 is 15.5 Å². The minimum absolute atomic E-state index is 0.419. The van der Waals surface area contributed by atoms with E-state index in [-0.39, 0.29) is 0 Å². The highest BCUT2D eigenvalue weighted by molar-refractivity contribution is 6.12. The third-order valence-electron chi connectivity index (χ3n) is 6.15. The Bertz CT molecular complexity index is 843. The number of anilines is 2. The van der Waals surface area contributed by atoms with E-state index < -0.39 is 0 Å². The molecule has 7 nitrogen and oxygen atoms in total. The molecule has 1 unspecified atom stereocenters. The third kappa shape index (κ3) is 4.29. The predicted molar refractivity (Wildman–Crippen MR) is 118 cm³/mol. The second kappa shape index (κ2) is 8.95. The summed E-state index contributed by atoms with van der Waals surface area (Å²) in [5.41, 5.74) is 1.95. The number of pyridine rings is 1. The number of rotatable bonds is 5. The molecule has 2 saturated heterocycles. The molecular weight excluding hydrogens is 362 g/mol. The summed E-state index contributed by atoms with van der Waals surface area (Å²) in [7, 11) is 3.91. The molecule has 3 N–H and O–H groups in total. The minimum Gasteiger partial charge on any atom is -0.373 e. The van der Waals surface area contributed by atoms with Crippen molar-refractivity contribution in [2.45, 2.75) is 44.4 Å². The largest absolute Gasteiger partial charge is 0.373 e. The number of hydrogen-bond donors (Lipinski definition) is 3. The van der Waals surface area contributed by atoms with Crippen LogP contribution in [0.5, 0.6) is 0 Å². The van der Waals surface area contributed by atoms with E-state index in [4.69, 9.17) is 15.4 Å². The molecule has 0 bridgehead atoms. The Morgan fingerprint density at radius 1 is 1.14 bits per heavy atom. The van der Waals surface area contributed by atoms with E-state index in [9.17, 15) is 0 Å². The van der Waals surface area contributed by atoms with E-state index in [0.717, 1.165) is 55.6 Å². The average molecular weight is 396 g/mol. The van der Waals surface area contributed by atoms with Crippen molar-refractivity contribution in [1.82, 2.24) is 19.9 Å². The highest BCUT2D eigenvalue weighted by atomic mass is 15.2. The highest BCUT2D eigenvalue weighted by Crippen LogP contribution is 2.26. The SMILES string of the molecule is CNc1nc(N2CCCCCC2)ccc1C(=N)c1cn(C)c(C2CCCNC2)n1. The summed E-state index contributed by atoms with van der Waals surface area (Å²) in [6.45, 7) is 4.17. The molecule has 29 heavy (non-hydrogen) atoms. The fourth-order valence-electron chi connectivity index (χ4n) is 4.51. The molecule has 2 aliphatic rings. The van der Waals surface area contributed by atoms with Crippen molar-refractivity contribution in [3.8, 4) is 0 Å². The van der Waals surface area contributed by atoms with E-state index in [1.165, 1.54) is 32.1 Å². The quantitative estimate of drug-likeness (QED) is 0.678. The Hall–Kier alpha value is -2.41. The van der Waals surface area contributed by atoms with Gasteiger partial charge >= 0.3 is 0 Å². The molecule has 2 aromatic rings. The lowest BCUT2D eigenvalue weighted by molar-refractivity contribution is 0.439. The van der Waals surface area contributed by atoms with Crippen LogP contribution in [0.1, 0.15) is 61.5 Å². The number of nitrogens with zero attached hydrogens (tertiary/aromatic N) is 4.